The van der Waals surface area contributed by atoms with Gasteiger partial charge >= 0.3 is 12.4 Å². The number of morpholine rings is 2. The number of benzene rings is 3. The summed E-state index contributed by atoms with van der Waals surface area (Å²) < 4.78 is 107. The van der Waals surface area contributed by atoms with E-state index in [2.05, 4.69) is 0 Å². The molecule has 5 rings (SSSR count). The van der Waals surface area contributed by atoms with E-state index < -0.39 is 47.7 Å². The van der Waals surface area contributed by atoms with Crippen LogP contribution in [0, 0.1) is 5.82 Å². The largest absolute Gasteiger partial charge is 0.416 e. The molecule has 2 aliphatic heterocycles. The highest BCUT2D eigenvalue weighted by Gasteiger charge is 2.54. The fourth-order valence-corrected chi connectivity index (χ4v) is 5.36. The first kappa shape index (κ1) is 25.7. The van der Waals surface area contributed by atoms with Crippen LogP contribution in [-0.4, -0.2) is 30.5 Å². The van der Waals surface area contributed by atoms with Crippen LogP contribution in [0.25, 0.3) is 0 Å². The molecular weight excluding hydrogens is 503 g/mol. The smallest absolute Gasteiger partial charge is 0.341 e. The summed E-state index contributed by atoms with van der Waals surface area (Å²) in [5.74, 6) is -0.433. The summed E-state index contributed by atoms with van der Waals surface area (Å²) in [6.45, 7) is 1.28. The second-order valence-electron chi connectivity index (χ2n) is 9.47. The lowest BCUT2D eigenvalue weighted by molar-refractivity contribution is -0.997. The van der Waals surface area contributed by atoms with Crippen LogP contribution in [-0.2, 0) is 28.4 Å². The van der Waals surface area contributed by atoms with Gasteiger partial charge in [-0.05, 0) is 48.0 Å². The van der Waals surface area contributed by atoms with Gasteiger partial charge in [-0.25, -0.2) is 4.39 Å². The Bertz CT molecular complexity index is 1210. The molecule has 4 atom stereocenters. The molecule has 0 saturated carbocycles. The van der Waals surface area contributed by atoms with Crippen LogP contribution in [0.2, 0.25) is 0 Å². The summed E-state index contributed by atoms with van der Waals surface area (Å²) in [5, 5.41) is 0. The predicted molar refractivity (Wildman–Crippen MR) is 119 cm³/mol. The lowest BCUT2D eigenvalue weighted by Crippen LogP contribution is -2.65. The van der Waals surface area contributed by atoms with Gasteiger partial charge in [0.2, 0.25) is 6.29 Å². The maximum Gasteiger partial charge on any atom is 0.416 e. The molecule has 196 valence electrons. The van der Waals surface area contributed by atoms with Crippen molar-refractivity contribution in [3.63, 3.8) is 0 Å². The Morgan fingerprint density at radius 3 is 2.00 bits per heavy atom. The molecule has 10 heteroatoms. The number of alkyl halides is 6. The number of fused-ring (bicyclic) bond motifs is 2. The van der Waals surface area contributed by atoms with Gasteiger partial charge in [-0.2, -0.15) is 26.3 Å². The highest BCUT2D eigenvalue weighted by atomic mass is 19.4. The van der Waals surface area contributed by atoms with E-state index in [0.717, 1.165) is 5.56 Å². The van der Waals surface area contributed by atoms with Gasteiger partial charge in [0.15, 0.2) is 6.04 Å². The molecule has 2 fully saturated rings. The Labute approximate surface area is 208 Å². The van der Waals surface area contributed by atoms with Crippen LogP contribution >= 0.6 is 0 Å². The number of hydrogen-bond donors (Lipinski definition) is 0. The minimum atomic E-state index is -4.97. The molecule has 0 amide bonds. The molecule has 2 aliphatic rings. The molecule has 2 bridgehead atoms. The zero-order chi connectivity index (χ0) is 26.4. The Hall–Kier alpha value is -2.95. The van der Waals surface area contributed by atoms with E-state index in [0.29, 0.717) is 30.8 Å². The van der Waals surface area contributed by atoms with E-state index >= 15 is 0 Å². The third-order valence-corrected chi connectivity index (χ3v) is 7.03. The Morgan fingerprint density at radius 2 is 1.41 bits per heavy atom. The van der Waals surface area contributed by atoms with Crippen LogP contribution in [0.4, 0.5) is 30.7 Å². The molecule has 0 aromatic heterocycles. The minimum absolute atomic E-state index is 0.107. The summed E-state index contributed by atoms with van der Waals surface area (Å²) in [4.78, 5) is 0. The molecule has 0 N–H and O–H groups in total. The molecule has 0 spiro atoms. The van der Waals surface area contributed by atoms with E-state index in [4.69, 9.17) is 9.47 Å². The standard InChI is InChI=1S/C27H23F7NO2/c28-22-8-6-18(7-9-22)24-25-36-11-10-35(24,15-17-4-2-1-3-5-17)16-23(37-25)19-12-20(26(29,30)31)14-21(13-19)27(32,33)34/h1-9,12-14,23-25H,10-11,15-16H2/q+1. The first-order valence-electron chi connectivity index (χ1n) is 11.7. The van der Waals surface area contributed by atoms with Crippen molar-refractivity contribution < 1.29 is 44.7 Å². The maximum absolute atomic E-state index is 13.7. The minimum Gasteiger partial charge on any atom is -0.341 e. The van der Waals surface area contributed by atoms with Crippen molar-refractivity contribution in [2.45, 2.75) is 37.3 Å². The molecule has 3 aromatic rings. The number of ether oxygens (including phenoxy) is 2. The van der Waals surface area contributed by atoms with Gasteiger partial charge < -0.3 is 14.0 Å². The summed E-state index contributed by atoms with van der Waals surface area (Å²) in [7, 11) is 0. The summed E-state index contributed by atoms with van der Waals surface area (Å²) >= 11 is 0. The van der Waals surface area contributed by atoms with Crippen LogP contribution in [0.1, 0.15) is 40.0 Å². The van der Waals surface area contributed by atoms with Gasteiger partial charge in [-0.3, -0.25) is 0 Å². The summed E-state index contributed by atoms with van der Waals surface area (Å²) in [5.41, 5.74) is -1.35. The highest BCUT2D eigenvalue weighted by Crippen LogP contribution is 2.48. The fourth-order valence-electron chi connectivity index (χ4n) is 5.36. The van der Waals surface area contributed by atoms with Gasteiger partial charge in [0, 0.05) is 11.1 Å². The van der Waals surface area contributed by atoms with Crippen molar-refractivity contribution in [1.29, 1.82) is 0 Å². The van der Waals surface area contributed by atoms with Crippen molar-refractivity contribution in [3.05, 3.63) is 106 Å². The highest BCUT2D eigenvalue weighted by molar-refractivity contribution is 5.35. The zero-order valence-electron chi connectivity index (χ0n) is 19.4. The molecular formula is C27H23F7NO2+. The number of halogens is 7. The van der Waals surface area contributed by atoms with Crippen LogP contribution in [0.3, 0.4) is 0 Å². The van der Waals surface area contributed by atoms with Crippen molar-refractivity contribution in [1.82, 2.24) is 0 Å². The van der Waals surface area contributed by atoms with Crippen molar-refractivity contribution in [3.8, 4) is 0 Å². The quantitative estimate of drug-likeness (QED) is 0.268. The fraction of sp³-hybridized carbons (Fsp3) is 0.333. The second kappa shape index (κ2) is 9.41. The second-order valence-corrected chi connectivity index (χ2v) is 9.47. The van der Waals surface area contributed by atoms with E-state index in [1.54, 1.807) is 12.1 Å². The Kier molecular flexibility index (Phi) is 6.54. The van der Waals surface area contributed by atoms with Crippen molar-refractivity contribution in [2.24, 2.45) is 0 Å². The monoisotopic (exact) mass is 526 g/mol. The van der Waals surface area contributed by atoms with E-state index in [1.165, 1.54) is 12.1 Å². The third kappa shape index (κ3) is 5.23. The number of rotatable bonds is 4. The molecule has 0 aliphatic carbocycles. The summed E-state index contributed by atoms with van der Waals surface area (Å²) in [6.07, 6.45) is -12.0. The lowest BCUT2D eigenvalue weighted by Gasteiger charge is -2.55. The first-order valence-corrected chi connectivity index (χ1v) is 11.7. The van der Waals surface area contributed by atoms with E-state index in [-0.39, 0.29) is 29.3 Å². The number of quaternary nitrogens is 1. The molecule has 2 heterocycles. The average Bonchev–Trinajstić information content (AvgIpc) is 2.83. The zero-order valence-corrected chi connectivity index (χ0v) is 19.4. The van der Waals surface area contributed by atoms with E-state index in [1.807, 2.05) is 30.3 Å². The number of nitrogens with zero attached hydrogens (tertiary/aromatic N) is 1. The topological polar surface area (TPSA) is 18.5 Å². The van der Waals surface area contributed by atoms with Gasteiger partial charge in [0.1, 0.15) is 31.6 Å². The van der Waals surface area contributed by atoms with Gasteiger partial charge in [-0.1, -0.05) is 30.3 Å². The maximum atomic E-state index is 13.7. The Balaban J connectivity index is 1.60. The molecule has 0 radical (unpaired) electrons. The molecule has 37 heavy (non-hydrogen) atoms. The Morgan fingerprint density at radius 1 is 0.784 bits per heavy atom. The third-order valence-electron chi connectivity index (χ3n) is 7.03. The lowest BCUT2D eigenvalue weighted by atomic mass is 9.92. The average molecular weight is 526 g/mol. The predicted octanol–water partition coefficient (Wildman–Crippen LogP) is 7.05. The van der Waals surface area contributed by atoms with Crippen molar-refractivity contribution in [2.75, 3.05) is 19.7 Å². The van der Waals surface area contributed by atoms with Gasteiger partial charge in [0.05, 0.1) is 17.7 Å². The van der Waals surface area contributed by atoms with Crippen LogP contribution in [0.15, 0.2) is 72.8 Å². The van der Waals surface area contributed by atoms with E-state index in [9.17, 15) is 30.7 Å². The molecule has 3 nitrogen and oxygen atoms in total. The number of hydrogen-bond acceptors (Lipinski definition) is 2. The van der Waals surface area contributed by atoms with Crippen LogP contribution in [0.5, 0.6) is 0 Å². The van der Waals surface area contributed by atoms with Gasteiger partial charge in [0.25, 0.3) is 0 Å². The molecule has 4 unspecified atom stereocenters. The summed E-state index contributed by atoms with van der Waals surface area (Å²) in [6, 6.07) is 16.3. The molecule has 3 aromatic carbocycles. The van der Waals surface area contributed by atoms with Crippen LogP contribution < -0.4 is 0 Å². The molecule has 2 saturated heterocycles. The SMILES string of the molecule is Fc1ccc(C2C3OCC[N+]2(Cc2ccccc2)CC(c2cc(C(F)(F)F)cc(C(F)(F)F)c2)O3)cc1. The first-order chi connectivity index (χ1) is 17.4. The van der Waals surface area contributed by atoms with Crippen molar-refractivity contribution >= 4 is 0 Å². The normalized spacial score (nSPS) is 26.2. The van der Waals surface area contributed by atoms with Gasteiger partial charge in [-0.15, -0.1) is 0 Å².